The molecule has 1 atom stereocenters. The Hall–Kier alpha value is -1.95. The third-order valence-electron chi connectivity index (χ3n) is 4.13. The van der Waals surface area contributed by atoms with Crippen LogP contribution >= 0.6 is 11.5 Å². The molecule has 0 aliphatic carbocycles. The van der Waals surface area contributed by atoms with Gasteiger partial charge in [-0.1, -0.05) is 44.2 Å². The van der Waals surface area contributed by atoms with E-state index in [1.807, 2.05) is 23.1 Å². The molecule has 2 aromatic rings. The molecule has 0 saturated carbocycles. The minimum Gasteiger partial charge on any atom is -0.352 e. The Labute approximate surface area is 147 Å². The summed E-state index contributed by atoms with van der Waals surface area (Å²) in [7, 11) is 0. The maximum Gasteiger partial charge on any atom is 0.222 e. The van der Waals surface area contributed by atoms with Crippen LogP contribution in [0.5, 0.6) is 0 Å². The summed E-state index contributed by atoms with van der Waals surface area (Å²) in [5.74, 6) is 1.68. The van der Waals surface area contributed by atoms with Crippen molar-refractivity contribution in [2.45, 2.75) is 39.2 Å². The van der Waals surface area contributed by atoms with Gasteiger partial charge < -0.3 is 10.2 Å². The molecule has 6 heteroatoms. The van der Waals surface area contributed by atoms with Crippen molar-refractivity contribution in [2.24, 2.45) is 5.92 Å². The van der Waals surface area contributed by atoms with Gasteiger partial charge >= 0.3 is 0 Å². The monoisotopic (exact) mass is 344 g/mol. The van der Waals surface area contributed by atoms with Crippen molar-refractivity contribution in [3.63, 3.8) is 0 Å². The highest BCUT2D eigenvalue weighted by Crippen LogP contribution is 2.24. The zero-order valence-corrected chi connectivity index (χ0v) is 15.1. The Morgan fingerprint density at radius 2 is 2.08 bits per heavy atom. The van der Waals surface area contributed by atoms with Gasteiger partial charge in [-0.05, 0) is 17.9 Å². The lowest BCUT2D eigenvalue weighted by Gasteiger charge is -2.24. The second-order valence-corrected chi connectivity index (χ2v) is 7.42. The Morgan fingerprint density at radius 3 is 2.75 bits per heavy atom. The van der Waals surface area contributed by atoms with Gasteiger partial charge in [0, 0.05) is 37.5 Å². The van der Waals surface area contributed by atoms with E-state index in [-0.39, 0.29) is 11.9 Å². The van der Waals surface area contributed by atoms with Crippen LogP contribution in [0, 0.1) is 5.92 Å². The smallest absolute Gasteiger partial charge is 0.222 e. The van der Waals surface area contributed by atoms with Crippen molar-refractivity contribution in [1.82, 2.24) is 14.3 Å². The number of nitrogens with zero attached hydrogens (tertiary/aromatic N) is 3. The van der Waals surface area contributed by atoms with E-state index in [9.17, 15) is 4.79 Å². The average Bonchev–Trinajstić information content (AvgIpc) is 3.16. The summed E-state index contributed by atoms with van der Waals surface area (Å²) in [4.78, 5) is 18.5. The Kier molecular flexibility index (Phi) is 5.45. The third kappa shape index (κ3) is 4.32. The number of hydrogen-bond acceptors (Lipinski definition) is 5. The van der Waals surface area contributed by atoms with Crippen molar-refractivity contribution in [3.8, 4) is 0 Å². The molecular formula is C18H24N4OS. The second-order valence-electron chi connectivity index (χ2n) is 6.66. The fourth-order valence-corrected chi connectivity index (χ4v) is 3.60. The van der Waals surface area contributed by atoms with E-state index in [1.54, 1.807) is 0 Å². The summed E-state index contributed by atoms with van der Waals surface area (Å²) in [5, 5.41) is 4.31. The van der Waals surface area contributed by atoms with Gasteiger partial charge in [0.05, 0.1) is 6.04 Å². The van der Waals surface area contributed by atoms with Crippen LogP contribution in [0.1, 0.15) is 44.1 Å². The zero-order valence-electron chi connectivity index (χ0n) is 14.2. The van der Waals surface area contributed by atoms with Gasteiger partial charge in [-0.3, -0.25) is 4.79 Å². The summed E-state index contributed by atoms with van der Waals surface area (Å²) >= 11 is 1.40. The normalized spacial score (nSPS) is 16.0. The van der Waals surface area contributed by atoms with E-state index in [4.69, 9.17) is 0 Å². The SMILES string of the molecule is CC(C)Cc1nsc(NC(CN2CCCC2=O)c2ccccc2)n1. The molecule has 1 unspecified atom stereocenters. The molecule has 1 aromatic carbocycles. The molecule has 24 heavy (non-hydrogen) atoms. The number of likely N-dealkylation sites (tertiary alicyclic amines) is 1. The van der Waals surface area contributed by atoms with Gasteiger partial charge in [0.25, 0.3) is 0 Å². The van der Waals surface area contributed by atoms with E-state index in [2.05, 4.69) is 40.7 Å². The topological polar surface area (TPSA) is 58.1 Å². The van der Waals surface area contributed by atoms with Crippen molar-refractivity contribution < 1.29 is 4.79 Å². The van der Waals surface area contributed by atoms with Crippen LogP contribution in [0.25, 0.3) is 0 Å². The highest BCUT2D eigenvalue weighted by atomic mass is 32.1. The number of nitrogens with one attached hydrogen (secondary N) is 1. The predicted octanol–water partition coefficient (Wildman–Crippen LogP) is 3.51. The number of anilines is 1. The summed E-state index contributed by atoms with van der Waals surface area (Å²) < 4.78 is 4.44. The first-order chi connectivity index (χ1) is 11.6. The molecule has 0 bridgehead atoms. The molecule has 1 N–H and O–H groups in total. The van der Waals surface area contributed by atoms with Gasteiger partial charge in [0.15, 0.2) is 0 Å². The minimum atomic E-state index is 0.0353. The largest absolute Gasteiger partial charge is 0.352 e. The molecule has 1 aliphatic rings. The quantitative estimate of drug-likeness (QED) is 0.835. The first-order valence-electron chi connectivity index (χ1n) is 8.53. The molecule has 1 amide bonds. The van der Waals surface area contributed by atoms with Gasteiger partial charge in [-0.2, -0.15) is 4.37 Å². The van der Waals surface area contributed by atoms with Crippen LogP contribution in [0.4, 0.5) is 5.13 Å². The standard InChI is InChI=1S/C18H24N4OS/c1-13(2)11-16-20-18(24-21-16)19-15(14-7-4-3-5-8-14)12-22-10-6-9-17(22)23/h3-5,7-8,13,15H,6,9-12H2,1-2H3,(H,19,20,21). The maximum atomic E-state index is 12.0. The van der Waals surface area contributed by atoms with Crippen LogP contribution in [-0.2, 0) is 11.2 Å². The minimum absolute atomic E-state index is 0.0353. The van der Waals surface area contributed by atoms with Gasteiger partial charge in [-0.15, -0.1) is 0 Å². The van der Waals surface area contributed by atoms with Gasteiger partial charge in [-0.25, -0.2) is 4.98 Å². The summed E-state index contributed by atoms with van der Waals surface area (Å²) in [6, 6.07) is 10.3. The maximum absolute atomic E-state index is 12.0. The highest BCUT2D eigenvalue weighted by Gasteiger charge is 2.25. The van der Waals surface area contributed by atoms with E-state index in [1.165, 1.54) is 11.5 Å². The Balaban J connectivity index is 1.74. The number of carbonyl (C=O) groups excluding carboxylic acids is 1. The summed E-state index contributed by atoms with van der Waals surface area (Å²) in [6.45, 7) is 5.85. The highest BCUT2D eigenvalue weighted by molar-refractivity contribution is 7.09. The molecule has 128 valence electrons. The van der Waals surface area contributed by atoms with Crippen LogP contribution < -0.4 is 5.32 Å². The average molecular weight is 344 g/mol. The molecule has 1 fully saturated rings. The van der Waals surface area contributed by atoms with Crippen molar-refractivity contribution >= 4 is 22.6 Å². The molecular weight excluding hydrogens is 320 g/mol. The molecule has 1 aliphatic heterocycles. The predicted molar refractivity (Wildman–Crippen MR) is 97.1 cm³/mol. The van der Waals surface area contributed by atoms with E-state index >= 15 is 0 Å². The first kappa shape index (κ1) is 16.9. The fraction of sp³-hybridized carbons (Fsp3) is 0.500. The number of rotatable bonds is 7. The zero-order chi connectivity index (χ0) is 16.9. The van der Waals surface area contributed by atoms with E-state index in [0.717, 1.165) is 35.9 Å². The Bertz CT molecular complexity index is 671. The number of amides is 1. The van der Waals surface area contributed by atoms with Crippen LogP contribution in [0.15, 0.2) is 30.3 Å². The second kappa shape index (κ2) is 7.75. The molecule has 3 rings (SSSR count). The van der Waals surface area contributed by atoms with Crippen molar-refractivity contribution in [1.29, 1.82) is 0 Å². The molecule has 1 saturated heterocycles. The number of carbonyl (C=O) groups is 1. The van der Waals surface area contributed by atoms with Crippen molar-refractivity contribution in [3.05, 3.63) is 41.7 Å². The van der Waals surface area contributed by atoms with Gasteiger partial charge in [0.2, 0.25) is 11.0 Å². The van der Waals surface area contributed by atoms with E-state index in [0.29, 0.717) is 18.9 Å². The van der Waals surface area contributed by atoms with Crippen molar-refractivity contribution in [2.75, 3.05) is 18.4 Å². The number of benzene rings is 1. The third-order valence-corrected chi connectivity index (χ3v) is 4.82. The summed E-state index contributed by atoms with van der Waals surface area (Å²) in [5.41, 5.74) is 1.16. The lowest BCUT2D eigenvalue weighted by molar-refractivity contribution is -0.127. The van der Waals surface area contributed by atoms with Crippen LogP contribution in [-0.4, -0.2) is 33.3 Å². The van der Waals surface area contributed by atoms with Crippen LogP contribution in [0.2, 0.25) is 0 Å². The Morgan fingerprint density at radius 1 is 1.29 bits per heavy atom. The molecule has 2 heterocycles. The molecule has 0 spiro atoms. The lowest BCUT2D eigenvalue weighted by Crippen LogP contribution is -2.32. The first-order valence-corrected chi connectivity index (χ1v) is 9.31. The van der Waals surface area contributed by atoms with Gasteiger partial charge in [0.1, 0.15) is 5.82 Å². The lowest BCUT2D eigenvalue weighted by atomic mass is 10.1. The van der Waals surface area contributed by atoms with Crippen LogP contribution in [0.3, 0.4) is 0 Å². The number of hydrogen-bond donors (Lipinski definition) is 1. The molecule has 0 radical (unpaired) electrons. The summed E-state index contributed by atoms with van der Waals surface area (Å²) in [6.07, 6.45) is 2.51. The fourth-order valence-electron chi connectivity index (χ4n) is 2.95. The van der Waals surface area contributed by atoms with E-state index < -0.39 is 0 Å². The molecule has 5 nitrogen and oxygen atoms in total. The number of aromatic nitrogens is 2. The molecule has 1 aromatic heterocycles.